The van der Waals surface area contributed by atoms with E-state index in [4.69, 9.17) is 0 Å². The number of anilines is 1. The largest absolute Gasteiger partial charge is 0.416 e. The van der Waals surface area contributed by atoms with Crippen molar-refractivity contribution in [3.63, 3.8) is 0 Å². The average molecular weight is 496 g/mol. The summed E-state index contributed by atoms with van der Waals surface area (Å²) in [5.41, 5.74) is -0.886. The van der Waals surface area contributed by atoms with Crippen LogP contribution in [-0.2, 0) is 16.2 Å². The second-order valence-corrected chi connectivity index (χ2v) is 10.3. The fourth-order valence-electron chi connectivity index (χ4n) is 3.98. The Labute approximate surface area is 198 Å². The molecule has 2 aromatic rings. The van der Waals surface area contributed by atoms with E-state index in [1.54, 1.807) is 11.0 Å². The third-order valence-electron chi connectivity index (χ3n) is 5.91. The van der Waals surface area contributed by atoms with Gasteiger partial charge >= 0.3 is 6.18 Å². The predicted octanol–water partition coefficient (Wildman–Crippen LogP) is 4.25. The zero-order chi connectivity index (χ0) is 25.1. The molecule has 1 saturated heterocycles. The van der Waals surface area contributed by atoms with Crippen LogP contribution in [0.15, 0.2) is 66.1 Å². The second-order valence-electron chi connectivity index (χ2n) is 8.39. The highest BCUT2D eigenvalue weighted by Crippen LogP contribution is 2.33. The number of nitrogens with zero attached hydrogens (tertiary/aromatic N) is 3. The number of piperidine rings is 1. The summed E-state index contributed by atoms with van der Waals surface area (Å²) in [7, 11) is -0.276. The molecule has 2 aromatic carbocycles. The number of carbonyl (C=O) groups is 1. The summed E-state index contributed by atoms with van der Waals surface area (Å²) in [5.74, 6) is -0.274. The Morgan fingerprint density at radius 3 is 2.35 bits per heavy atom. The molecule has 184 valence electrons. The molecule has 0 radical (unpaired) electrons. The molecule has 6 nitrogen and oxygen atoms in total. The minimum atomic E-state index is -4.62. The number of halogens is 3. The van der Waals surface area contributed by atoms with Crippen molar-refractivity contribution in [2.24, 2.45) is 0 Å². The van der Waals surface area contributed by atoms with Gasteiger partial charge in [0.15, 0.2) is 0 Å². The molecule has 10 heteroatoms. The number of hydrogen-bond donors (Lipinski definition) is 0. The molecule has 0 saturated carbocycles. The molecule has 34 heavy (non-hydrogen) atoms. The summed E-state index contributed by atoms with van der Waals surface area (Å²) >= 11 is 0. The van der Waals surface area contributed by atoms with E-state index < -0.39 is 21.8 Å². The van der Waals surface area contributed by atoms with E-state index in [1.165, 1.54) is 30.3 Å². The maximum absolute atomic E-state index is 13.4. The van der Waals surface area contributed by atoms with Crippen LogP contribution < -0.4 is 4.31 Å². The van der Waals surface area contributed by atoms with Crippen molar-refractivity contribution < 1.29 is 26.4 Å². The summed E-state index contributed by atoms with van der Waals surface area (Å²) < 4.78 is 67.3. The Bertz CT molecular complexity index is 1140. The number of benzene rings is 2. The number of alkyl halides is 3. The summed E-state index contributed by atoms with van der Waals surface area (Å²) in [6, 6.07) is 10.1. The van der Waals surface area contributed by atoms with Crippen LogP contribution in [-0.4, -0.2) is 63.9 Å². The lowest BCUT2D eigenvalue weighted by Gasteiger charge is -2.35. The first-order valence-electron chi connectivity index (χ1n) is 10.8. The van der Waals surface area contributed by atoms with Gasteiger partial charge < -0.3 is 9.80 Å². The molecular formula is C24H28F3N3O3S. The molecule has 1 fully saturated rings. The maximum atomic E-state index is 13.4. The van der Waals surface area contributed by atoms with Crippen LogP contribution in [0.3, 0.4) is 0 Å². The average Bonchev–Trinajstić information content (AvgIpc) is 2.81. The van der Waals surface area contributed by atoms with Gasteiger partial charge in [-0.1, -0.05) is 18.2 Å². The van der Waals surface area contributed by atoms with Crippen LogP contribution in [0.2, 0.25) is 0 Å². The van der Waals surface area contributed by atoms with Crippen molar-refractivity contribution in [2.75, 3.05) is 38.0 Å². The second kappa shape index (κ2) is 10.2. The quantitative estimate of drug-likeness (QED) is 0.539. The maximum Gasteiger partial charge on any atom is 0.416 e. The van der Waals surface area contributed by atoms with Crippen LogP contribution >= 0.6 is 0 Å². The lowest BCUT2D eigenvalue weighted by Crippen LogP contribution is -2.44. The number of amides is 1. The Balaban J connectivity index is 1.90. The van der Waals surface area contributed by atoms with Gasteiger partial charge in [-0.2, -0.15) is 13.2 Å². The number of likely N-dealkylation sites (tertiary alicyclic amines) is 1. The smallest absolute Gasteiger partial charge is 0.339 e. The van der Waals surface area contributed by atoms with Gasteiger partial charge in [-0.05, 0) is 63.3 Å². The lowest BCUT2D eigenvalue weighted by molar-refractivity contribution is -0.137. The first kappa shape index (κ1) is 25.8. The molecule has 0 aromatic heterocycles. The van der Waals surface area contributed by atoms with Crippen LogP contribution in [0.25, 0.3) is 0 Å². The molecule has 1 aliphatic heterocycles. The topological polar surface area (TPSA) is 60.9 Å². The first-order valence-corrected chi connectivity index (χ1v) is 12.3. The number of rotatable bonds is 7. The molecular weight excluding hydrogens is 467 g/mol. The van der Waals surface area contributed by atoms with Gasteiger partial charge in [-0.25, -0.2) is 8.42 Å². The van der Waals surface area contributed by atoms with E-state index in [2.05, 4.69) is 11.5 Å². The minimum absolute atomic E-state index is 0.141. The standard InChI is InChI=1S/C24H28F3N3O3S/c1-4-13-30(21-9-6-8-19(17-21)24(25,26)27)34(32,33)22-10-5-7-18(16-22)23(31)29-14-11-20(12-15-29)28(2)3/h4-10,16-17,20H,1,11-15H2,2-3H3. The molecule has 0 bridgehead atoms. The van der Waals surface area contributed by atoms with Crippen molar-refractivity contribution in [1.82, 2.24) is 9.80 Å². The van der Waals surface area contributed by atoms with Crippen molar-refractivity contribution in [3.8, 4) is 0 Å². The van der Waals surface area contributed by atoms with Crippen molar-refractivity contribution in [2.45, 2.75) is 30.0 Å². The highest BCUT2D eigenvalue weighted by Gasteiger charge is 2.33. The number of hydrogen-bond acceptors (Lipinski definition) is 4. The summed E-state index contributed by atoms with van der Waals surface area (Å²) in [6.45, 7) is 4.42. The van der Waals surface area contributed by atoms with Crippen molar-refractivity contribution in [1.29, 1.82) is 0 Å². The van der Waals surface area contributed by atoms with Gasteiger partial charge in [0.05, 0.1) is 22.7 Å². The molecule has 0 unspecified atom stereocenters. The Kier molecular flexibility index (Phi) is 7.72. The summed E-state index contributed by atoms with van der Waals surface area (Å²) in [4.78, 5) is 16.7. The first-order chi connectivity index (χ1) is 15.9. The predicted molar refractivity (Wildman–Crippen MR) is 125 cm³/mol. The third kappa shape index (κ3) is 5.61. The van der Waals surface area contributed by atoms with E-state index in [-0.39, 0.29) is 28.6 Å². The van der Waals surface area contributed by atoms with Crippen LogP contribution in [0.4, 0.5) is 18.9 Å². The van der Waals surface area contributed by atoms with E-state index in [9.17, 15) is 26.4 Å². The van der Waals surface area contributed by atoms with Gasteiger partial charge in [0, 0.05) is 24.7 Å². The number of carbonyl (C=O) groups excluding carboxylic acids is 1. The fraction of sp³-hybridized carbons (Fsp3) is 0.375. The normalized spacial score (nSPS) is 15.4. The van der Waals surface area contributed by atoms with Gasteiger partial charge in [0.1, 0.15) is 0 Å². The number of sulfonamides is 1. The summed E-state index contributed by atoms with van der Waals surface area (Å²) in [6.07, 6.45) is -1.69. The van der Waals surface area contributed by atoms with E-state index in [1.807, 2.05) is 14.1 Å². The molecule has 0 atom stereocenters. The van der Waals surface area contributed by atoms with Crippen LogP contribution in [0.5, 0.6) is 0 Å². The SMILES string of the molecule is C=CCN(c1cccc(C(F)(F)F)c1)S(=O)(=O)c1cccc(C(=O)N2CCC(N(C)C)CC2)c1. The van der Waals surface area contributed by atoms with Gasteiger partial charge in [0.25, 0.3) is 15.9 Å². The third-order valence-corrected chi connectivity index (χ3v) is 7.70. The zero-order valence-corrected chi connectivity index (χ0v) is 19.9. The Hall–Kier alpha value is -2.85. The molecule has 0 aliphatic carbocycles. The van der Waals surface area contributed by atoms with Crippen LogP contribution in [0.1, 0.15) is 28.8 Å². The van der Waals surface area contributed by atoms with Crippen LogP contribution in [0, 0.1) is 0 Å². The molecule has 1 heterocycles. The zero-order valence-electron chi connectivity index (χ0n) is 19.1. The van der Waals surface area contributed by atoms with E-state index in [0.29, 0.717) is 19.1 Å². The van der Waals surface area contributed by atoms with Gasteiger partial charge in [-0.15, -0.1) is 6.58 Å². The van der Waals surface area contributed by atoms with Gasteiger partial charge in [-0.3, -0.25) is 9.10 Å². The Morgan fingerprint density at radius 1 is 1.12 bits per heavy atom. The molecule has 1 amide bonds. The lowest BCUT2D eigenvalue weighted by atomic mass is 10.0. The Morgan fingerprint density at radius 2 is 1.76 bits per heavy atom. The molecule has 0 N–H and O–H groups in total. The summed E-state index contributed by atoms with van der Waals surface area (Å²) in [5, 5.41) is 0. The van der Waals surface area contributed by atoms with E-state index >= 15 is 0 Å². The minimum Gasteiger partial charge on any atom is -0.339 e. The van der Waals surface area contributed by atoms with Gasteiger partial charge in [0.2, 0.25) is 0 Å². The highest BCUT2D eigenvalue weighted by atomic mass is 32.2. The molecule has 0 spiro atoms. The monoisotopic (exact) mass is 495 g/mol. The highest BCUT2D eigenvalue weighted by molar-refractivity contribution is 7.92. The molecule has 3 rings (SSSR count). The molecule has 1 aliphatic rings. The van der Waals surface area contributed by atoms with Crippen molar-refractivity contribution in [3.05, 3.63) is 72.3 Å². The fourth-order valence-corrected chi connectivity index (χ4v) is 5.46. The van der Waals surface area contributed by atoms with E-state index in [0.717, 1.165) is 35.3 Å². The van der Waals surface area contributed by atoms with Crippen molar-refractivity contribution >= 4 is 21.6 Å².